The molecule has 0 radical (unpaired) electrons. The summed E-state index contributed by atoms with van der Waals surface area (Å²) < 4.78 is 0. The Hall–Kier alpha value is -1.84. The van der Waals surface area contributed by atoms with Crippen molar-refractivity contribution in [3.05, 3.63) is 29.5 Å². The summed E-state index contributed by atoms with van der Waals surface area (Å²) in [6, 6.07) is 3.93. The Balaban J connectivity index is 2.03. The van der Waals surface area contributed by atoms with E-state index in [1.54, 1.807) is 6.20 Å². The van der Waals surface area contributed by atoms with Gasteiger partial charge in [0.1, 0.15) is 0 Å². The maximum absolute atomic E-state index is 12.3. The topological polar surface area (TPSA) is 49.0 Å². The zero-order chi connectivity index (χ0) is 11.8. The van der Waals surface area contributed by atoms with Crippen LogP contribution in [-0.4, -0.2) is 34.1 Å². The van der Waals surface area contributed by atoms with Crippen LogP contribution in [0.4, 0.5) is 0 Å². The summed E-state index contributed by atoms with van der Waals surface area (Å²) in [7, 11) is 0. The number of rotatable bonds is 1. The monoisotopic (exact) mass is 229 g/mol. The SMILES string of the molecule is Cc1cc2cn[nH]c2cc1C(=O)N1CCCC1. The van der Waals surface area contributed by atoms with Crippen LogP contribution < -0.4 is 0 Å². The normalized spacial score (nSPS) is 15.7. The molecule has 1 saturated heterocycles. The summed E-state index contributed by atoms with van der Waals surface area (Å²) in [5, 5.41) is 7.96. The number of nitrogens with zero attached hydrogens (tertiary/aromatic N) is 2. The number of H-pyrrole nitrogens is 1. The van der Waals surface area contributed by atoms with E-state index >= 15 is 0 Å². The van der Waals surface area contributed by atoms with Gasteiger partial charge >= 0.3 is 0 Å². The molecule has 0 saturated carbocycles. The van der Waals surface area contributed by atoms with Gasteiger partial charge in [0.15, 0.2) is 0 Å². The lowest BCUT2D eigenvalue weighted by atomic mass is 10.1. The number of hydrogen-bond acceptors (Lipinski definition) is 2. The molecule has 1 aromatic carbocycles. The highest BCUT2D eigenvalue weighted by Crippen LogP contribution is 2.20. The molecule has 0 atom stereocenters. The molecule has 88 valence electrons. The molecule has 0 aliphatic carbocycles. The number of carbonyl (C=O) groups excluding carboxylic acids is 1. The molecule has 1 aromatic heterocycles. The Kier molecular flexibility index (Phi) is 2.35. The number of likely N-dealkylation sites (tertiary alicyclic amines) is 1. The second kappa shape index (κ2) is 3.87. The molecule has 17 heavy (non-hydrogen) atoms. The van der Waals surface area contributed by atoms with E-state index in [0.717, 1.165) is 48.0 Å². The van der Waals surface area contributed by atoms with Gasteiger partial charge in [0.25, 0.3) is 5.91 Å². The quantitative estimate of drug-likeness (QED) is 0.814. The number of aryl methyl sites for hydroxylation is 1. The third-order valence-electron chi connectivity index (χ3n) is 3.41. The molecule has 0 bridgehead atoms. The first-order chi connectivity index (χ1) is 8.25. The van der Waals surface area contributed by atoms with Crippen LogP contribution in [0, 0.1) is 6.92 Å². The average Bonchev–Trinajstić information content (AvgIpc) is 2.97. The van der Waals surface area contributed by atoms with Gasteiger partial charge in [-0.15, -0.1) is 0 Å². The summed E-state index contributed by atoms with van der Waals surface area (Å²) in [6.07, 6.45) is 4.03. The number of benzene rings is 1. The Labute approximate surface area is 99.6 Å². The molecule has 1 aliphatic heterocycles. The van der Waals surface area contributed by atoms with E-state index in [2.05, 4.69) is 10.2 Å². The van der Waals surface area contributed by atoms with Crippen LogP contribution in [0.15, 0.2) is 18.3 Å². The summed E-state index contributed by atoms with van der Waals surface area (Å²) in [5.74, 6) is 0.150. The van der Waals surface area contributed by atoms with Crippen molar-refractivity contribution in [2.45, 2.75) is 19.8 Å². The molecule has 2 heterocycles. The van der Waals surface area contributed by atoms with Gasteiger partial charge in [-0.3, -0.25) is 9.89 Å². The number of aromatic nitrogens is 2. The van der Waals surface area contributed by atoms with Crippen molar-refractivity contribution < 1.29 is 4.79 Å². The number of amides is 1. The lowest BCUT2D eigenvalue weighted by Crippen LogP contribution is -2.28. The summed E-state index contributed by atoms with van der Waals surface area (Å²) in [4.78, 5) is 14.3. The predicted octanol–water partition coefficient (Wildman–Crippen LogP) is 2.11. The zero-order valence-electron chi connectivity index (χ0n) is 9.86. The number of aromatic amines is 1. The number of fused-ring (bicyclic) bond motifs is 1. The van der Waals surface area contributed by atoms with Gasteiger partial charge in [-0.1, -0.05) is 0 Å². The van der Waals surface area contributed by atoms with Crippen molar-refractivity contribution in [3.8, 4) is 0 Å². The number of nitrogens with one attached hydrogen (secondary N) is 1. The minimum atomic E-state index is 0.150. The van der Waals surface area contributed by atoms with E-state index < -0.39 is 0 Å². The number of hydrogen-bond donors (Lipinski definition) is 1. The minimum absolute atomic E-state index is 0.150. The van der Waals surface area contributed by atoms with E-state index in [-0.39, 0.29) is 5.91 Å². The first-order valence-electron chi connectivity index (χ1n) is 5.99. The molecular weight excluding hydrogens is 214 g/mol. The fourth-order valence-corrected chi connectivity index (χ4v) is 2.43. The fraction of sp³-hybridized carbons (Fsp3) is 0.385. The van der Waals surface area contributed by atoms with Crippen LogP contribution in [0.5, 0.6) is 0 Å². The van der Waals surface area contributed by atoms with E-state index in [0.29, 0.717) is 0 Å². The lowest BCUT2D eigenvalue weighted by Gasteiger charge is -2.16. The van der Waals surface area contributed by atoms with Crippen LogP contribution in [0.1, 0.15) is 28.8 Å². The third kappa shape index (κ3) is 1.69. The van der Waals surface area contributed by atoms with E-state index in [4.69, 9.17) is 0 Å². The molecule has 0 spiro atoms. The first-order valence-corrected chi connectivity index (χ1v) is 5.99. The summed E-state index contributed by atoms with van der Waals surface area (Å²) in [5.41, 5.74) is 2.75. The van der Waals surface area contributed by atoms with E-state index in [1.165, 1.54) is 0 Å². The molecule has 0 unspecified atom stereocenters. The van der Waals surface area contributed by atoms with Crippen LogP contribution in [-0.2, 0) is 0 Å². The summed E-state index contributed by atoms with van der Waals surface area (Å²) >= 11 is 0. The number of carbonyl (C=O) groups is 1. The smallest absolute Gasteiger partial charge is 0.254 e. The standard InChI is InChI=1S/C13H15N3O/c1-9-6-10-8-14-15-12(10)7-11(9)13(17)16-4-2-3-5-16/h6-8H,2-5H2,1H3,(H,14,15). The highest BCUT2D eigenvalue weighted by Gasteiger charge is 2.21. The van der Waals surface area contributed by atoms with Crippen LogP contribution in [0.2, 0.25) is 0 Å². The maximum Gasteiger partial charge on any atom is 0.254 e. The molecule has 1 amide bonds. The molecule has 3 rings (SSSR count). The van der Waals surface area contributed by atoms with Crippen molar-refractivity contribution in [1.29, 1.82) is 0 Å². The van der Waals surface area contributed by atoms with E-state index in [9.17, 15) is 4.79 Å². The first kappa shape index (κ1) is 10.3. The van der Waals surface area contributed by atoms with Crippen LogP contribution in [0.25, 0.3) is 10.9 Å². The maximum atomic E-state index is 12.3. The Morgan fingerprint density at radius 2 is 2.12 bits per heavy atom. The Morgan fingerprint density at radius 3 is 2.88 bits per heavy atom. The predicted molar refractivity (Wildman–Crippen MR) is 66.0 cm³/mol. The second-order valence-electron chi connectivity index (χ2n) is 4.62. The second-order valence-corrected chi connectivity index (χ2v) is 4.62. The van der Waals surface area contributed by atoms with Crippen molar-refractivity contribution in [1.82, 2.24) is 15.1 Å². The summed E-state index contributed by atoms with van der Waals surface area (Å²) in [6.45, 7) is 3.76. The van der Waals surface area contributed by atoms with Gasteiger partial charge in [0.05, 0.1) is 11.7 Å². The molecule has 2 aromatic rings. The van der Waals surface area contributed by atoms with Gasteiger partial charge in [-0.05, 0) is 37.5 Å². The average molecular weight is 229 g/mol. The largest absolute Gasteiger partial charge is 0.339 e. The Bertz CT molecular complexity index is 567. The Morgan fingerprint density at radius 1 is 1.35 bits per heavy atom. The van der Waals surface area contributed by atoms with Crippen LogP contribution in [0.3, 0.4) is 0 Å². The highest BCUT2D eigenvalue weighted by atomic mass is 16.2. The van der Waals surface area contributed by atoms with Crippen molar-refractivity contribution in [3.63, 3.8) is 0 Å². The zero-order valence-corrected chi connectivity index (χ0v) is 9.86. The molecule has 1 fully saturated rings. The van der Waals surface area contributed by atoms with Crippen molar-refractivity contribution >= 4 is 16.8 Å². The van der Waals surface area contributed by atoms with Gasteiger partial charge in [-0.2, -0.15) is 5.10 Å². The van der Waals surface area contributed by atoms with Crippen molar-refractivity contribution in [2.75, 3.05) is 13.1 Å². The van der Waals surface area contributed by atoms with Gasteiger partial charge in [0, 0.05) is 24.0 Å². The highest BCUT2D eigenvalue weighted by molar-refractivity contribution is 5.99. The van der Waals surface area contributed by atoms with Gasteiger partial charge in [0.2, 0.25) is 0 Å². The molecule has 1 aliphatic rings. The lowest BCUT2D eigenvalue weighted by molar-refractivity contribution is 0.0792. The van der Waals surface area contributed by atoms with E-state index in [1.807, 2.05) is 24.0 Å². The van der Waals surface area contributed by atoms with Crippen LogP contribution >= 0.6 is 0 Å². The van der Waals surface area contributed by atoms with Crippen molar-refractivity contribution in [2.24, 2.45) is 0 Å². The molecule has 4 heteroatoms. The molecular formula is C13H15N3O. The van der Waals surface area contributed by atoms with Gasteiger partial charge < -0.3 is 4.90 Å². The molecule has 1 N–H and O–H groups in total. The fourth-order valence-electron chi connectivity index (χ4n) is 2.43. The third-order valence-corrected chi connectivity index (χ3v) is 3.41. The molecule has 4 nitrogen and oxygen atoms in total. The minimum Gasteiger partial charge on any atom is -0.339 e. The van der Waals surface area contributed by atoms with Gasteiger partial charge in [-0.25, -0.2) is 0 Å².